The SMILES string of the molecule is NC1C[C@H]2COC[C@@H](C1)N2Cc1ccc(Cl)cc1. The first kappa shape index (κ1) is 12.4. The first-order valence-electron chi connectivity index (χ1n) is 6.56. The second-order valence-corrected chi connectivity index (χ2v) is 5.81. The van der Waals surface area contributed by atoms with Crippen molar-refractivity contribution in [3.63, 3.8) is 0 Å². The van der Waals surface area contributed by atoms with Gasteiger partial charge >= 0.3 is 0 Å². The van der Waals surface area contributed by atoms with Gasteiger partial charge in [0.15, 0.2) is 0 Å². The molecule has 0 radical (unpaired) electrons. The number of hydrogen-bond acceptors (Lipinski definition) is 3. The van der Waals surface area contributed by atoms with Gasteiger partial charge in [-0.3, -0.25) is 4.90 Å². The van der Waals surface area contributed by atoms with Crippen LogP contribution in [0.25, 0.3) is 0 Å². The maximum absolute atomic E-state index is 6.10. The van der Waals surface area contributed by atoms with Gasteiger partial charge in [0, 0.05) is 29.7 Å². The third-order valence-corrected chi connectivity index (χ3v) is 4.24. The first-order chi connectivity index (χ1) is 8.72. The number of nitrogens with zero attached hydrogens (tertiary/aromatic N) is 1. The molecule has 3 rings (SSSR count). The molecular weight excluding hydrogens is 248 g/mol. The van der Waals surface area contributed by atoms with Crippen LogP contribution in [0.3, 0.4) is 0 Å². The molecule has 2 saturated heterocycles. The van der Waals surface area contributed by atoms with Crippen LogP contribution in [0.15, 0.2) is 24.3 Å². The Morgan fingerprint density at radius 1 is 1.17 bits per heavy atom. The molecule has 3 nitrogen and oxygen atoms in total. The number of piperidine rings is 1. The average Bonchev–Trinajstić information content (AvgIpc) is 2.33. The van der Waals surface area contributed by atoms with Crippen LogP contribution in [0, 0.1) is 0 Å². The van der Waals surface area contributed by atoms with Crippen LogP contribution in [0.5, 0.6) is 0 Å². The number of hydrogen-bond donors (Lipinski definition) is 1. The molecule has 4 heteroatoms. The standard InChI is InChI=1S/C14H19ClN2O/c15-11-3-1-10(2-4-11)7-17-13-5-12(16)6-14(17)9-18-8-13/h1-4,12-14H,5-9,16H2/t12?,13-,14+. The van der Waals surface area contributed by atoms with Gasteiger partial charge in [-0.1, -0.05) is 23.7 Å². The van der Waals surface area contributed by atoms with E-state index in [9.17, 15) is 0 Å². The van der Waals surface area contributed by atoms with Crippen molar-refractivity contribution in [3.8, 4) is 0 Å². The van der Waals surface area contributed by atoms with Gasteiger partial charge in [-0.15, -0.1) is 0 Å². The number of ether oxygens (including phenoxy) is 1. The van der Waals surface area contributed by atoms with E-state index >= 15 is 0 Å². The van der Waals surface area contributed by atoms with Gasteiger partial charge in [-0.2, -0.15) is 0 Å². The molecule has 0 spiro atoms. The Morgan fingerprint density at radius 3 is 2.39 bits per heavy atom. The lowest BCUT2D eigenvalue weighted by Gasteiger charge is -2.47. The molecule has 2 bridgehead atoms. The Hall–Kier alpha value is -0.610. The fourth-order valence-corrected chi connectivity index (χ4v) is 3.22. The van der Waals surface area contributed by atoms with E-state index in [1.54, 1.807) is 0 Å². The normalized spacial score (nSPS) is 32.4. The van der Waals surface area contributed by atoms with E-state index < -0.39 is 0 Å². The molecule has 3 atom stereocenters. The van der Waals surface area contributed by atoms with Gasteiger partial charge in [-0.25, -0.2) is 0 Å². The summed E-state index contributed by atoms with van der Waals surface area (Å²) < 4.78 is 5.65. The zero-order chi connectivity index (χ0) is 12.5. The van der Waals surface area contributed by atoms with E-state index in [4.69, 9.17) is 22.1 Å². The van der Waals surface area contributed by atoms with Crippen molar-refractivity contribution in [2.45, 2.75) is 37.5 Å². The summed E-state index contributed by atoms with van der Waals surface area (Å²) in [5, 5.41) is 0.794. The molecule has 2 aliphatic rings. The number of fused-ring (bicyclic) bond motifs is 2. The zero-order valence-electron chi connectivity index (χ0n) is 10.4. The summed E-state index contributed by atoms with van der Waals surface area (Å²) in [6.45, 7) is 2.61. The molecule has 0 aromatic heterocycles. The van der Waals surface area contributed by atoms with E-state index in [1.807, 2.05) is 12.1 Å². The number of rotatable bonds is 2. The maximum Gasteiger partial charge on any atom is 0.0623 e. The number of benzene rings is 1. The third kappa shape index (κ3) is 2.54. The maximum atomic E-state index is 6.10. The minimum Gasteiger partial charge on any atom is -0.378 e. The molecule has 2 N–H and O–H groups in total. The van der Waals surface area contributed by atoms with Crippen LogP contribution in [-0.2, 0) is 11.3 Å². The molecule has 1 aromatic carbocycles. The van der Waals surface area contributed by atoms with Gasteiger partial charge in [-0.05, 0) is 30.5 Å². The van der Waals surface area contributed by atoms with E-state index in [0.717, 1.165) is 37.6 Å². The average molecular weight is 267 g/mol. The lowest BCUT2D eigenvalue weighted by Crippen LogP contribution is -2.58. The van der Waals surface area contributed by atoms with E-state index in [2.05, 4.69) is 17.0 Å². The molecule has 98 valence electrons. The Kier molecular flexibility index (Phi) is 3.57. The number of halogens is 1. The highest BCUT2D eigenvalue weighted by molar-refractivity contribution is 6.30. The highest BCUT2D eigenvalue weighted by Crippen LogP contribution is 2.28. The van der Waals surface area contributed by atoms with Crippen LogP contribution in [-0.4, -0.2) is 36.2 Å². The summed E-state index contributed by atoms with van der Waals surface area (Å²) in [4.78, 5) is 2.55. The van der Waals surface area contributed by atoms with Gasteiger partial charge in [0.05, 0.1) is 13.2 Å². The second kappa shape index (κ2) is 5.17. The summed E-state index contributed by atoms with van der Waals surface area (Å²) in [7, 11) is 0. The van der Waals surface area contributed by atoms with Crippen LogP contribution in [0.4, 0.5) is 0 Å². The van der Waals surface area contributed by atoms with Gasteiger partial charge < -0.3 is 10.5 Å². The molecule has 18 heavy (non-hydrogen) atoms. The summed E-state index contributed by atoms with van der Waals surface area (Å²) in [6, 6.07) is 9.41. The van der Waals surface area contributed by atoms with Crippen molar-refractivity contribution in [1.29, 1.82) is 0 Å². The first-order valence-corrected chi connectivity index (χ1v) is 6.93. The Bertz CT molecular complexity index is 395. The van der Waals surface area contributed by atoms with Crippen LogP contribution in [0.1, 0.15) is 18.4 Å². The van der Waals surface area contributed by atoms with Gasteiger partial charge in [0.1, 0.15) is 0 Å². The molecule has 1 aromatic rings. The fourth-order valence-electron chi connectivity index (χ4n) is 3.09. The molecular formula is C14H19ClN2O. The lowest BCUT2D eigenvalue weighted by atomic mass is 9.90. The van der Waals surface area contributed by atoms with Crippen LogP contribution >= 0.6 is 11.6 Å². The molecule has 0 amide bonds. The highest BCUT2D eigenvalue weighted by Gasteiger charge is 2.37. The predicted octanol–water partition coefficient (Wildman–Crippen LogP) is 2.03. The Balaban J connectivity index is 1.73. The predicted molar refractivity (Wildman–Crippen MR) is 72.6 cm³/mol. The van der Waals surface area contributed by atoms with Crippen molar-refractivity contribution < 1.29 is 4.74 Å². The van der Waals surface area contributed by atoms with Gasteiger partial charge in [0.25, 0.3) is 0 Å². The Labute approximate surface area is 113 Å². The molecule has 1 unspecified atom stereocenters. The summed E-state index contributed by atoms with van der Waals surface area (Å²) >= 11 is 5.92. The summed E-state index contributed by atoms with van der Waals surface area (Å²) in [5.74, 6) is 0. The molecule has 2 fully saturated rings. The monoisotopic (exact) mass is 266 g/mol. The zero-order valence-corrected chi connectivity index (χ0v) is 11.1. The smallest absolute Gasteiger partial charge is 0.0623 e. The molecule has 2 heterocycles. The molecule has 0 saturated carbocycles. The van der Waals surface area contributed by atoms with Crippen LogP contribution in [0.2, 0.25) is 5.02 Å². The van der Waals surface area contributed by atoms with Crippen molar-refractivity contribution in [2.75, 3.05) is 13.2 Å². The minimum atomic E-state index is 0.338. The number of nitrogens with two attached hydrogens (primary N) is 1. The quantitative estimate of drug-likeness (QED) is 0.890. The van der Waals surface area contributed by atoms with Crippen molar-refractivity contribution >= 4 is 11.6 Å². The van der Waals surface area contributed by atoms with E-state index in [1.165, 1.54) is 5.56 Å². The lowest BCUT2D eigenvalue weighted by molar-refractivity contribution is -0.0819. The summed E-state index contributed by atoms with van der Waals surface area (Å²) in [6.07, 6.45) is 2.09. The highest BCUT2D eigenvalue weighted by atomic mass is 35.5. The number of morpholine rings is 1. The third-order valence-electron chi connectivity index (χ3n) is 3.99. The van der Waals surface area contributed by atoms with Crippen molar-refractivity contribution in [1.82, 2.24) is 4.90 Å². The second-order valence-electron chi connectivity index (χ2n) is 5.38. The minimum absolute atomic E-state index is 0.338. The largest absolute Gasteiger partial charge is 0.378 e. The fraction of sp³-hybridized carbons (Fsp3) is 0.571. The van der Waals surface area contributed by atoms with E-state index in [-0.39, 0.29) is 0 Å². The van der Waals surface area contributed by atoms with E-state index in [0.29, 0.717) is 18.1 Å². The van der Waals surface area contributed by atoms with Crippen molar-refractivity contribution in [2.24, 2.45) is 5.73 Å². The van der Waals surface area contributed by atoms with Gasteiger partial charge in [0.2, 0.25) is 0 Å². The topological polar surface area (TPSA) is 38.5 Å². The van der Waals surface area contributed by atoms with Crippen molar-refractivity contribution in [3.05, 3.63) is 34.9 Å². The summed E-state index contributed by atoms with van der Waals surface area (Å²) in [5.41, 5.74) is 7.41. The Morgan fingerprint density at radius 2 is 1.78 bits per heavy atom. The van der Waals surface area contributed by atoms with Crippen LogP contribution < -0.4 is 5.73 Å². The molecule has 0 aliphatic carbocycles. The molecule has 2 aliphatic heterocycles.